The van der Waals surface area contributed by atoms with Crippen molar-refractivity contribution in [3.8, 4) is 5.75 Å². The third kappa shape index (κ3) is 3.93. The molecular weight excluding hydrogens is 328 g/mol. The zero-order valence-electron chi connectivity index (χ0n) is 10.8. The molecule has 1 N–H and O–H groups in total. The van der Waals surface area contributed by atoms with Crippen LogP contribution in [0.3, 0.4) is 0 Å². The highest BCUT2D eigenvalue weighted by molar-refractivity contribution is 9.10. The molecule has 0 aliphatic carbocycles. The van der Waals surface area contributed by atoms with Crippen molar-refractivity contribution in [2.45, 2.75) is 19.6 Å². The van der Waals surface area contributed by atoms with E-state index in [4.69, 9.17) is 0 Å². The van der Waals surface area contributed by atoms with Gasteiger partial charge in [-0.3, -0.25) is 0 Å². The minimum absolute atomic E-state index is 0.153. The molecule has 0 aliphatic heterocycles. The van der Waals surface area contributed by atoms with Crippen LogP contribution in [0, 0.1) is 0 Å². The molecule has 0 saturated carbocycles. The predicted molar refractivity (Wildman–Crippen MR) is 79.3 cm³/mol. The fourth-order valence-corrected chi connectivity index (χ4v) is 2.35. The first-order chi connectivity index (χ1) is 9.56. The molecule has 2 aromatic rings. The van der Waals surface area contributed by atoms with Gasteiger partial charge in [0.15, 0.2) is 0 Å². The minimum Gasteiger partial charge on any atom is -0.434 e. The average molecular weight is 342 g/mol. The summed E-state index contributed by atoms with van der Waals surface area (Å²) >= 11 is 3.39. The van der Waals surface area contributed by atoms with Crippen molar-refractivity contribution >= 4 is 21.6 Å². The summed E-state index contributed by atoms with van der Waals surface area (Å²) in [5.74, 6) is 0.192. The minimum atomic E-state index is -2.82. The predicted octanol–water partition coefficient (Wildman–Crippen LogP) is 5.22. The van der Waals surface area contributed by atoms with Crippen LogP contribution in [0.2, 0.25) is 0 Å². The van der Waals surface area contributed by atoms with Crippen LogP contribution in [-0.2, 0) is 0 Å². The van der Waals surface area contributed by atoms with Crippen LogP contribution in [0.1, 0.15) is 18.5 Å². The SMILES string of the molecule is CC(Nc1cccc(Br)c1)c1ccccc1OC(F)F. The van der Waals surface area contributed by atoms with Gasteiger partial charge in [0, 0.05) is 15.7 Å². The van der Waals surface area contributed by atoms with Crippen LogP contribution >= 0.6 is 15.9 Å². The first kappa shape index (κ1) is 14.8. The first-order valence-electron chi connectivity index (χ1n) is 6.12. The normalized spacial score (nSPS) is 12.2. The zero-order valence-corrected chi connectivity index (χ0v) is 12.4. The Kier molecular flexibility index (Phi) is 4.95. The van der Waals surface area contributed by atoms with E-state index in [9.17, 15) is 8.78 Å². The second kappa shape index (κ2) is 6.70. The van der Waals surface area contributed by atoms with Gasteiger partial charge in [-0.05, 0) is 31.2 Å². The number of ether oxygens (including phenoxy) is 1. The third-order valence-electron chi connectivity index (χ3n) is 2.81. The van der Waals surface area contributed by atoms with Gasteiger partial charge in [0.05, 0.1) is 6.04 Å². The van der Waals surface area contributed by atoms with E-state index >= 15 is 0 Å². The summed E-state index contributed by atoms with van der Waals surface area (Å²) in [5, 5.41) is 3.26. The molecule has 0 bridgehead atoms. The van der Waals surface area contributed by atoms with E-state index < -0.39 is 6.61 Å². The molecule has 1 unspecified atom stereocenters. The van der Waals surface area contributed by atoms with E-state index in [1.807, 2.05) is 31.2 Å². The van der Waals surface area contributed by atoms with Gasteiger partial charge < -0.3 is 10.1 Å². The number of alkyl halides is 2. The first-order valence-corrected chi connectivity index (χ1v) is 6.91. The summed E-state index contributed by atoms with van der Waals surface area (Å²) in [6.07, 6.45) is 0. The van der Waals surface area contributed by atoms with Crippen molar-refractivity contribution < 1.29 is 13.5 Å². The van der Waals surface area contributed by atoms with Crippen molar-refractivity contribution in [3.63, 3.8) is 0 Å². The maximum atomic E-state index is 12.4. The Labute approximate surface area is 124 Å². The van der Waals surface area contributed by atoms with Crippen molar-refractivity contribution in [2.75, 3.05) is 5.32 Å². The largest absolute Gasteiger partial charge is 0.434 e. The topological polar surface area (TPSA) is 21.3 Å². The second-order valence-corrected chi connectivity index (χ2v) is 5.21. The summed E-state index contributed by atoms with van der Waals surface area (Å²) < 4.78 is 30.3. The number of rotatable bonds is 5. The van der Waals surface area contributed by atoms with Crippen molar-refractivity contribution in [2.24, 2.45) is 0 Å². The summed E-state index contributed by atoms with van der Waals surface area (Å²) in [7, 11) is 0. The van der Waals surface area contributed by atoms with Crippen LogP contribution in [0.25, 0.3) is 0 Å². The van der Waals surface area contributed by atoms with Crippen LogP contribution < -0.4 is 10.1 Å². The van der Waals surface area contributed by atoms with Crippen LogP contribution in [-0.4, -0.2) is 6.61 Å². The molecule has 0 saturated heterocycles. The maximum absolute atomic E-state index is 12.4. The lowest BCUT2D eigenvalue weighted by molar-refractivity contribution is -0.0505. The van der Waals surface area contributed by atoms with E-state index in [1.54, 1.807) is 24.3 Å². The Balaban J connectivity index is 2.18. The Morgan fingerprint density at radius 2 is 1.85 bits per heavy atom. The molecule has 0 amide bonds. The Hall–Kier alpha value is -1.62. The molecule has 106 valence electrons. The van der Waals surface area contributed by atoms with Crippen LogP contribution in [0.15, 0.2) is 53.0 Å². The van der Waals surface area contributed by atoms with E-state index in [-0.39, 0.29) is 11.8 Å². The fourth-order valence-electron chi connectivity index (χ4n) is 1.95. The Morgan fingerprint density at radius 1 is 1.10 bits per heavy atom. The highest BCUT2D eigenvalue weighted by Gasteiger charge is 2.14. The molecule has 0 radical (unpaired) electrons. The molecule has 0 heterocycles. The molecule has 0 aromatic heterocycles. The van der Waals surface area contributed by atoms with Crippen LogP contribution in [0.5, 0.6) is 5.75 Å². The van der Waals surface area contributed by atoms with Crippen LogP contribution in [0.4, 0.5) is 14.5 Å². The van der Waals surface area contributed by atoms with E-state index in [2.05, 4.69) is 26.0 Å². The standard InChI is InChI=1S/C15H14BrF2NO/c1-10(19-12-6-4-5-11(16)9-12)13-7-2-3-8-14(13)20-15(17)18/h2-10,15,19H,1H3. The van der Waals surface area contributed by atoms with Gasteiger partial charge in [-0.2, -0.15) is 8.78 Å². The number of para-hydroxylation sites is 1. The van der Waals surface area contributed by atoms with Crippen molar-refractivity contribution in [3.05, 3.63) is 58.6 Å². The summed E-state index contributed by atoms with van der Waals surface area (Å²) in [6.45, 7) is -0.927. The summed E-state index contributed by atoms with van der Waals surface area (Å²) in [4.78, 5) is 0. The molecule has 1 atom stereocenters. The average Bonchev–Trinajstić information content (AvgIpc) is 2.38. The second-order valence-electron chi connectivity index (χ2n) is 4.29. The number of hydrogen-bond acceptors (Lipinski definition) is 2. The van der Waals surface area contributed by atoms with Gasteiger partial charge in [0.2, 0.25) is 0 Å². The molecular formula is C15H14BrF2NO. The lowest BCUT2D eigenvalue weighted by Gasteiger charge is -2.19. The highest BCUT2D eigenvalue weighted by atomic mass is 79.9. The lowest BCUT2D eigenvalue weighted by atomic mass is 10.1. The molecule has 20 heavy (non-hydrogen) atoms. The van der Waals surface area contributed by atoms with E-state index in [0.29, 0.717) is 5.56 Å². The summed E-state index contributed by atoms with van der Waals surface area (Å²) in [5.41, 5.74) is 1.59. The molecule has 0 aliphatic rings. The number of anilines is 1. The number of benzene rings is 2. The molecule has 2 rings (SSSR count). The number of halogens is 3. The quantitative estimate of drug-likeness (QED) is 0.804. The maximum Gasteiger partial charge on any atom is 0.387 e. The molecule has 0 spiro atoms. The van der Waals surface area contributed by atoms with Gasteiger partial charge in [0.25, 0.3) is 0 Å². The van der Waals surface area contributed by atoms with Gasteiger partial charge in [-0.25, -0.2) is 0 Å². The fraction of sp³-hybridized carbons (Fsp3) is 0.200. The van der Waals surface area contributed by atoms with Gasteiger partial charge in [0.1, 0.15) is 5.75 Å². The number of nitrogens with one attached hydrogen (secondary N) is 1. The number of hydrogen-bond donors (Lipinski definition) is 1. The molecule has 0 fully saturated rings. The molecule has 2 nitrogen and oxygen atoms in total. The van der Waals surface area contributed by atoms with E-state index in [1.165, 1.54) is 0 Å². The van der Waals surface area contributed by atoms with Gasteiger partial charge in [-0.15, -0.1) is 0 Å². The molecule has 2 aromatic carbocycles. The zero-order chi connectivity index (χ0) is 14.5. The highest BCUT2D eigenvalue weighted by Crippen LogP contribution is 2.29. The smallest absolute Gasteiger partial charge is 0.387 e. The van der Waals surface area contributed by atoms with Gasteiger partial charge >= 0.3 is 6.61 Å². The summed E-state index contributed by atoms with van der Waals surface area (Å²) in [6, 6.07) is 14.3. The molecule has 5 heteroatoms. The Bertz CT molecular complexity index is 577. The lowest BCUT2D eigenvalue weighted by Crippen LogP contribution is -2.11. The Morgan fingerprint density at radius 3 is 2.55 bits per heavy atom. The van der Waals surface area contributed by atoms with Gasteiger partial charge in [-0.1, -0.05) is 40.2 Å². The monoisotopic (exact) mass is 341 g/mol. The van der Waals surface area contributed by atoms with Crippen molar-refractivity contribution in [1.82, 2.24) is 0 Å². The van der Waals surface area contributed by atoms with Crippen molar-refractivity contribution in [1.29, 1.82) is 0 Å². The third-order valence-corrected chi connectivity index (χ3v) is 3.30. The van der Waals surface area contributed by atoms with E-state index in [0.717, 1.165) is 10.2 Å².